The second-order valence-electron chi connectivity index (χ2n) is 4.20. The van der Waals surface area contributed by atoms with E-state index >= 15 is 0 Å². The van der Waals surface area contributed by atoms with Crippen molar-refractivity contribution in [2.45, 2.75) is 0 Å². The summed E-state index contributed by atoms with van der Waals surface area (Å²) in [6.07, 6.45) is 1.86. The molecule has 0 fully saturated rings. The number of pyridine rings is 2. The van der Waals surface area contributed by atoms with Crippen molar-refractivity contribution >= 4 is 5.52 Å². The van der Waals surface area contributed by atoms with E-state index in [1.54, 1.807) is 6.07 Å². The highest BCUT2D eigenvalue weighted by molar-refractivity contribution is 5.69. The van der Waals surface area contributed by atoms with Gasteiger partial charge >= 0.3 is 0 Å². The molecule has 0 radical (unpaired) electrons. The molecule has 0 amide bonds. The van der Waals surface area contributed by atoms with Gasteiger partial charge in [0.25, 0.3) is 0 Å². The Morgan fingerprint density at radius 2 is 1.74 bits per heavy atom. The van der Waals surface area contributed by atoms with Crippen molar-refractivity contribution in [3.63, 3.8) is 0 Å². The van der Waals surface area contributed by atoms with Gasteiger partial charge in [-0.05, 0) is 17.7 Å². The van der Waals surface area contributed by atoms with Gasteiger partial charge in [-0.15, -0.1) is 0 Å². The lowest BCUT2D eigenvalue weighted by Gasteiger charge is -2.10. The quantitative estimate of drug-likeness (QED) is 0.662. The Morgan fingerprint density at radius 3 is 2.47 bits per heavy atom. The molecule has 2 heterocycles. The van der Waals surface area contributed by atoms with Gasteiger partial charge in [0.2, 0.25) is 5.43 Å². The molecule has 2 aromatic heterocycles. The lowest BCUT2D eigenvalue weighted by Crippen LogP contribution is -2.10. The number of hydrogen-bond acceptors (Lipinski definition) is 2. The molecule has 0 aliphatic rings. The van der Waals surface area contributed by atoms with E-state index in [2.05, 4.69) is 0 Å². The predicted molar refractivity (Wildman–Crippen MR) is 73.8 cm³/mol. The normalized spacial score (nSPS) is 10.3. The molecular formula is C16H10N2O. The van der Waals surface area contributed by atoms with Gasteiger partial charge in [-0.3, -0.25) is 4.79 Å². The molecule has 90 valence electrons. The highest BCUT2D eigenvalue weighted by Crippen LogP contribution is 2.20. The summed E-state index contributed by atoms with van der Waals surface area (Å²) in [6.45, 7) is 0. The average Bonchev–Trinajstić information content (AvgIpc) is 2.47. The van der Waals surface area contributed by atoms with E-state index in [0.717, 1.165) is 11.3 Å². The topological polar surface area (TPSA) is 45.3 Å². The first-order valence-corrected chi connectivity index (χ1v) is 5.91. The molecule has 3 aromatic rings. The number of fused-ring (bicyclic) bond motifs is 1. The van der Waals surface area contributed by atoms with E-state index in [0.29, 0.717) is 5.52 Å². The van der Waals surface area contributed by atoms with E-state index in [9.17, 15) is 4.79 Å². The minimum atomic E-state index is -0.243. The summed E-state index contributed by atoms with van der Waals surface area (Å²) in [6, 6.07) is 18.7. The molecule has 0 unspecified atom stereocenters. The molecule has 0 spiro atoms. The summed E-state index contributed by atoms with van der Waals surface area (Å²) in [5.74, 6) is 0. The summed E-state index contributed by atoms with van der Waals surface area (Å²) in [4.78, 5) is 12.0. The summed E-state index contributed by atoms with van der Waals surface area (Å²) >= 11 is 0. The SMILES string of the molecule is N#Cc1c(=O)cc(-c2ccccc2)n2ccccc12. The van der Waals surface area contributed by atoms with Crippen LogP contribution in [-0.4, -0.2) is 4.40 Å². The summed E-state index contributed by atoms with van der Waals surface area (Å²) in [7, 11) is 0. The molecule has 0 bridgehead atoms. The van der Waals surface area contributed by atoms with Gasteiger partial charge in [0.15, 0.2) is 0 Å². The van der Waals surface area contributed by atoms with Gasteiger partial charge in [-0.25, -0.2) is 0 Å². The van der Waals surface area contributed by atoms with Gasteiger partial charge < -0.3 is 4.40 Å². The van der Waals surface area contributed by atoms with Gasteiger partial charge in [-0.2, -0.15) is 5.26 Å². The molecule has 0 aliphatic carbocycles. The minimum Gasteiger partial charge on any atom is -0.315 e. The maximum Gasteiger partial charge on any atom is 0.200 e. The van der Waals surface area contributed by atoms with Crippen LogP contribution in [0.1, 0.15) is 5.56 Å². The van der Waals surface area contributed by atoms with Crippen LogP contribution in [-0.2, 0) is 0 Å². The zero-order chi connectivity index (χ0) is 13.2. The molecule has 0 atom stereocenters. The molecule has 1 aromatic carbocycles. The number of hydrogen-bond donors (Lipinski definition) is 0. The first kappa shape index (κ1) is 11.2. The van der Waals surface area contributed by atoms with Crippen LogP contribution < -0.4 is 5.43 Å². The number of rotatable bonds is 1. The van der Waals surface area contributed by atoms with Crippen LogP contribution in [0.25, 0.3) is 16.8 Å². The van der Waals surface area contributed by atoms with Crippen molar-refractivity contribution in [1.29, 1.82) is 5.26 Å². The molecule has 0 saturated heterocycles. The van der Waals surface area contributed by atoms with Crippen LogP contribution in [0.4, 0.5) is 0 Å². The zero-order valence-corrected chi connectivity index (χ0v) is 10.1. The molecule has 0 saturated carbocycles. The minimum absolute atomic E-state index is 0.181. The highest BCUT2D eigenvalue weighted by atomic mass is 16.1. The van der Waals surface area contributed by atoms with Crippen molar-refractivity contribution in [2.24, 2.45) is 0 Å². The molecule has 3 rings (SSSR count). The zero-order valence-electron chi connectivity index (χ0n) is 10.1. The average molecular weight is 246 g/mol. The largest absolute Gasteiger partial charge is 0.315 e. The molecular weight excluding hydrogens is 236 g/mol. The maximum atomic E-state index is 12.0. The van der Waals surface area contributed by atoms with Crippen LogP contribution >= 0.6 is 0 Å². The fourth-order valence-electron chi connectivity index (χ4n) is 2.19. The second-order valence-corrected chi connectivity index (χ2v) is 4.20. The summed E-state index contributed by atoms with van der Waals surface area (Å²) < 4.78 is 1.87. The Kier molecular flexibility index (Phi) is 2.62. The third-order valence-electron chi connectivity index (χ3n) is 3.07. The third kappa shape index (κ3) is 1.80. The van der Waals surface area contributed by atoms with Gasteiger partial charge in [0.05, 0.1) is 11.2 Å². The summed E-state index contributed by atoms with van der Waals surface area (Å²) in [5, 5.41) is 9.11. The fraction of sp³-hybridized carbons (Fsp3) is 0. The van der Waals surface area contributed by atoms with Gasteiger partial charge in [0, 0.05) is 12.3 Å². The fourth-order valence-corrected chi connectivity index (χ4v) is 2.19. The van der Waals surface area contributed by atoms with Crippen molar-refractivity contribution < 1.29 is 0 Å². The van der Waals surface area contributed by atoms with Crippen LogP contribution in [0.5, 0.6) is 0 Å². The van der Waals surface area contributed by atoms with Crippen LogP contribution in [0.2, 0.25) is 0 Å². The van der Waals surface area contributed by atoms with E-state index in [1.165, 1.54) is 6.07 Å². The van der Waals surface area contributed by atoms with Crippen molar-refractivity contribution in [3.05, 3.63) is 76.6 Å². The molecule has 0 aliphatic heterocycles. The smallest absolute Gasteiger partial charge is 0.200 e. The molecule has 0 N–H and O–H groups in total. The Balaban J connectivity index is 2.46. The molecule has 3 nitrogen and oxygen atoms in total. The highest BCUT2D eigenvalue weighted by Gasteiger charge is 2.09. The Hall–Kier alpha value is -2.86. The monoisotopic (exact) mass is 246 g/mol. The van der Waals surface area contributed by atoms with E-state index in [1.807, 2.05) is 59.1 Å². The van der Waals surface area contributed by atoms with E-state index in [-0.39, 0.29) is 11.0 Å². The third-order valence-corrected chi connectivity index (χ3v) is 3.07. The second kappa shape index (κ2) is 4.43. The van der Waals surface area contributed by atoms with Crippen molar-refractivity contribution in [3.8, 4) is 17.3 Å². The first-order chi connectivity index (χ1) is 9.31. The van der Waals surface area contributed by atoms with Crippen molar-refractivity contribution in [1.82, 2.24) is 4.40 Å². The van der Waals surface area contributed by atoms with Gasteiger partial charge in [0.1, 0.15) is 11.6 Å². The number of nitriles is 1. The number of aromatic nitrogens is 1. The maximum absolute atomic E-state index is 12.0. The standard InChI is InChI=1S/C16H10N2O/c17-11-13-14-8-4-5-9-18(14)15(10-16(13)19)12-6-2-1-3-7-12/h1-10H. The van der Waals surface area contributed by atoms with Crippen LogP contribution in [0, 0.1) is 11.3 Å². The lowest BCUT2D eigenvalue weighted by molar-refractivity contribution is 1.15. The lowest BCUT2D eigenvalue weighted by atomic mass is 10.1. The Labute approximate surface area is 110 Å². The van der Waals surface area contributed by atoms with Crippen LogP contribution in [0.3, 0.4) is 0 Å². The van der Waals surface area contributed by atoms with Gasteiger partial charge in [-0.1, -0.05) is 36.4 Å². The Morgan fingerprint density at radius 1 is 1.00 bits per heavy atom. The molecule has 3 heteroatoms. The van der Waals surface area contributed by atoms with Crippen molar-refractivity contribution in [2.75, 3.05) is 0 Å². The molecule has 19 heavy (non-hydrogen) atoms. The number of nitrogens with zero attached hydrogens (tertiary/aromatic N) is 2. The number of benzene rings is 1. The first-order valence-electron chi connectivity index (χ1n) is 5.91. The predicted octanol–water partition coefficient (Wildman–Crippen LogP) is 2.84. The Bertz CT molecular complexity index is 842. The van der Waals surface area contributed by atoms with E-state index in [4.69, 9.17) is 5.26 Å². The van der Waals surface area contributed by atoms with E-state index < -0.39 is 0 Å². The van der Waals surface area contributed by atoms with Crippen LogP contribution in [0.15, 0.2) is 65.6 Å². The summed E-state index contributed by atoms with van der Waals surface area (Å²) in [5.41, 5.74) is 2.31.